The van der Waals surface area contributed by atoms with Gasteiger partial charge in [0, 0.05) is 6.07 Å². The Morgan fingerprint density at radius 1 is 0.974 bits per heavy atom. The highest BCUT2D eigenvalue weighted by Crippen LogP contribution is 2.32. The molecule has 0 saturated heterocycles. The lowest BCUT2D eigenvalue weighted by atomic mass is 10.1. The maximum Gasteiger partial charge on any atom is 0.264 e. The normalized spacial score (nSPS) is 11.2. The topological polar surface area (TPSA) is 107 Å². The van der Waals surface area contributed by atoms with Crippen molar-refractivity contribution in [3.8, 4) is 17.2 Å². The van der Waals surface area contributed by atoms with Gasteiger partial charge in [-0.15, -0.1) is 0 Å². The SMILES string of the molecule is C=CCOc1ccc(/C=N\NC(=O)CN(c2cc(C)cc(C)c2)S(=O)(=O)c2ccc(OC)c(OC)c2)cc1. The number of benzene rings is 3. The molecule has 0 fully saturated rings. The van der Waals surface area contributed by atoms with E-state index >= 15 is 0 Å². The van der Waals surface area contributed by atoms with Gasteiger partial charge in [-0.3, -0.25) is 9.10 Å². The van der Waals surface area contributed by atoms with E-state index in [0.29, 0.717) is 23.8 Å². The number of hydrazone groups is 1. The molecule has 0 unspecified atom stereocenters. The molecule has 0 aliphatic rings. The van der Waals surface area contributed by atoms with Gasteiger partial charge in [0.25, 0.3) is 15.9 Å². The van der Waals surface area contributed by atoms with E-state index in [1.165, 1.54) is 38.6 Å². The summed E-state index contributed by atoms with van der Waals surface area (Å²) in [5, 5.41) is 3.98. The lowest BCUT2D eigenvalue weighted by Crippen LogP contribution is -2.39. The van der Waals surface area contributed by atoms with Gasteiger partial charge in [-0.1, -0.05) is 18.7 Å². The monoisotopic (exact) mass is 537 g/mol. The van der Waals surface area contributed by atoms with Crippen LogP contribution < -0.4 is 23.9 Å². The van der Waals surface area contributed by atoms with Crippen molar-refractivity contribution in [3.63, 3.8) is 0 Å². The molecule has 0 aliphatic heterocycles. The Morgan fingerprint density at radius 2 is 1.63 bits per heavy atom. The molecule has 0 atom stereocenters. The van der Waals surface area contributed by atoms with Crippen LogP contribution >= 0.6 is 0 Å². The first-order valence-corrected chi connectivity index (χ1v) is 13.1. The summed E-state index contributed by atoms with van der Waals surface area (Å²) in [6.07, 6.45) is 3.11. The van der Waals surface area contributed by atoms with E-state index in [2.05, 4.69) is 17.1 Å². The standard InChI is InChI=1S/C28H31N3O6S/c1-6-13-37-24-9-7-22(8-10-24)18-29-30-28(32)19-31(23-15-20(2)14-21(3)16-23)38(33,34)25-11-12-26(35-4)27(17-25)36-5/h6-12,14-18H,1,13,19H2,2-5H3,(H,30,32)/b29-18-. The van der Waals surface area contributed by atoms with Gasteiger partial charge in [0.15, 0.2) is 11.5 Å². The Kier molecular flexibility index (Phi) is 9.50. The van der Waals surface area contributed by atoms with Gasteiger partial charge in [-0.25, -0.2) is 13.8 Å². The number of nitrogens with one attached hydrogen (secondary N) is 1. The van der Waals surface area contributed by atoms with Gasteiger partial charge in [-0.2, -0.15) is 5.10 Å². The van der Waals surface area contributed by atoms with Crippen molar-refractivity contribution in [2.24, 2.45) is 5.10 Å². The Labute approximate surface area is 223 Å². The summed E-state index contributed by atoms with van der Waals surface area (Å²) in [4.78, 5) is 12.8. The van der Waals surface area contributed by atoms with Crippen LogP contribution in [0, 0.1) is 13.8 Å². The molecule has 0 radical (unpaired) electrons. The zero-order valence-corrected chi connectivity index (χ0v) is 22.6. The zero-order chi connectivity index (χ0) is 27.7. The minimum atomic E-state index is -4.17. The first kappa shape index (κ1) is 28.3. The van der Waals surface area contributed by atoms with E-state index in [-0.39, 0.29) is 10.6 Å². The first-order valence-electron chi connectivity index (χ1n) is 11.7. The number of aryl methyl sites for hydroxylation is 2. The second-order valence-corrected chi connectivity index (χ2v) is 10.2. The molecule has 0 aliphatic carbocycles. The molecule has 0 bridgehead atoms. The fourth-order valence-corrected chi connectivity index (χ4v) is 5.08. The minimum Gasteiger partial charge on any atom is -0.493 e. The third-order valence-corrected chi connectivity index (χ3v) is 7.15. The summed E-state index contributed by atoms with van der Waals surface area (Å²) >= 11 is 0. The Hall–Kier alpha value is -4.31. The number of amides is 1. The molecule has 1 amide bonds. The van der Waals surface area contributed by atoms with E-state index in [1.54, 1.807) is 42.5 Å². The van der Waals surface area contributed by atoms with Crippen LogP contribution in [0.3, 0.4) is 0 Å². The number of nitrogens with zero attached hydrogens (tertiary/aromatic N) is 2. The Morgan fingerprint density at radius 3 is 2.24 bits per heavy atom. The van der Waals surface area contributed by atoms with Gasteiger partial charge in [0.1, 0.15) is 18.9 Å². The number of carbonyl (C=O) groups is 1. The van der Waals surface area contributed by atoms with Crippen molar-refractivity contribution in [1.29, 1.82) is 0 Å². The molecule has 200 valence electrons. The number of ether oxygens (including phenoxy) is 3. The summed E-state index contributed by atoms with van der Waals surface area (Å²) in [6, 6.07) is 16.7. The Balaban J connectivity index is 1.85. The molecular formula is C28H31N3O6S. The van der Waals surface area contributed by atoms with Gasteiger partial charge in [0.05, 0.1) is 31.0 Å². The van der Waals surface area contributed by atoms with Crippen molar-refractivity contribution in [1.82, 2.24) is 5.43 Å². The lowest BCUT2D eigenvalue weighted by Gasteiger charge is -2.25. The maximum atomic E-state index is 13.8. The summed E-state index contributed by atoms with van der Waals surface area (Å²) < 4.78 is 44.5. The van der Waals surface area contributed by atoms with Crippen LogP contribution in [0.2, 0.25) is 0 Å². The van der Waals surface area contributed by atoms with Crippen molar-refractivity contribution >= 4 is 27.8 Å². The van der Waals surface area contributed by atoms with Crippen LogP contribution in [0.1, 0.15) is 16.7 Å². The Bertz CT molecular complexity index is 1400. The number of anilines is 1. The van der Waals surface area contributed by atoms with Crippen LogP contribution in [0.25, 0.3) is 0 Å². The molecular weight excluding hydrogens is 506 g/mol. The average Bonchev–Trinajstić information content (AvgIpc) is 2.90. The van der Waals surface area contributed by atoms with E-state index < -0.39 is 22.5 Å². The number of methoxy groups -OCH3 is 2. The largest absolute Gasteiger partial charge is 0.493 e. The second-order valence-electron chi connectivity index (χ2n) is 8.34. The van der Waals surface area contributed by atoms with Crippen LogP contribution in [-0.2, 0) is 14.8 Å². The average molecular weight is 538 g/mol. The summed E-state index contributed by atoms with van der Waals surface area (Å²) in [5.41, 5.74) is 5.19. The van der Waals surface area contributed by atoms with Gasteiger partial charge in [0.2, 0.25) is 0 Å². The van der Waals surface area contributed by atoms with Crippen molar-refractivity contribution in [2.75, 3.05) is 31.7 Å². The van der Waals surface area contributed by atoms with E-state index in [9.17, 15) is 13.2 Å². The van der Waals surface area contributed by atoms with E-state index in [4.69, 9.17) is 14.2 Å². The molecule has 3 aromatic rings. The number of carbonyl (C=O) groups excluding carboxylic acids is 1. The van der Waals surface area contributed by atoms with Crippen molar-refractivity contribution in [2.45, 2.75) is 18.7 Å². The predicted molar refractivity (Wildman–Crippen MR) is 148 cm³/mol. The number of rotatable bonds is 12. The molecule has 10 heteroatoms. The third kappa shape index (κ3) is 7.13. The molecule has 0 spiro atoms. The number of sulfonamides is 1. The van der Waals surface area contributed by atoms with Gasteiger partial charge >= 0.3 is 0 Å². The number of hydrogen-bond donors (Lipinski definition) is 1. The quantitative estimate of drug-likeness (QED) is 0.211. The minimum absolute atomic E-state index is 0.0515. The van der Waals surface area contributed by atoms with E-state index in [1.807, 2.05) is 19.9 Å². The molecule has 0 aromatic heterocycles. The molecule has 38 heavy (non-hydrogen) atoms. The smallest absolute Gasteiger partial charge is 0.264 e. The van der Waals surface area contributed by atoms with Gasteiger partial charge < -0.3 is 14.2 Å². The molecule has 0 saturated carbocycles. The van der Waals surface area contributed by atoms with Crippen LogP contribution in [0.4, 0.5) is 5.69 Å². The third-order valence-electron chi connectivity index (χ3n) is 5.38. The molecule has 0 heterocycles. The first-order chi connectivity index (χ1) is 18.2. The van der Waals surface area contributed by atoms with Crippen LogP contribution in [0.15, 0.2) is 83.3 Å². The molecule has 3 rings (SSSR count). The van der Waals surface area contributed by atoms with E-state index in [0.717, 1.165) is 21.0 Å². The highest BCUT2D eigenvalue weighted by atomic mass is 32.2. The number of hydrogen-bond acceptors (Lipinski definition) is 7. The van der Waals surface area contributed by atoms with Crippen molar-refractivity contribution < 1.29 is 27.4 Å². The predicted octanol–water partition coefficient (Wildman–Crippen LogP) is 4.23. The van der Waals surface area contributed by atoms with Crippen LogP contribution in [0.5, 0.6) is 17.2 Å². The molecule has 1 N–H and O–H groups in total. The molecule has 3 aromatic carbocycles. The second kappa shape index (κ2) is 12.8. The fourth-order valence-electron chi connectivity index (χ4n) is 3.66. The lowest BCUT2D eigenvalue weighted by molar-refractivity contribution is -0.119. The summed E-state index contributed by atoms with van der Waals surface area (Å²) in [6.45, 7) is 7.22. The highest BCUT2D eigenvalue weighted by Gasteiger charge is 2.28. The summed E-state index contributed by atoms with van der Waals surface area (Å²) in [7, 11) is -1.28. The summed E-state index contributed by atoms with van der Waals surface area (Å²) in [5.74, 6) is 0.701. The molecule has 9 nitrogen and oxygen atoms in total. The fraction of sp³-hybridized carbons (Fsp3) is 0.214. The zero-order valence-electron chi connectivity index (χ0n) is 21.8. The maximum absolute atomic E-state index is 13.8. The van der Waals surface area contributed by atoms with Crippen molar-refractivity contribution in [3.05, 3.63) is 90.0 Å². The van der Waals surface area contributed by atoms with Gasteiger partial charge in [-0.05, 0) is 79.1 Å². The highest BCUT2D eigenvalue weighted by molar-refractivity contribution is 7.92. The van der Waals surface area contributed by atoms with Crippen LogP contribution in [-0.4, -0.2) is 47.9 Å².